The number of hydrogen-bond acceptors (Lipinski definition) is 4. The molecular weight excluding hydrogens is 368 g/mol. The van der Waals surface area contributed by atoms with Gasteiger partial charge < -0.3 is 10.6 Å². The maximum atomic E-state index is 12.1. The first-order chi connectivity index (χ1) is 11.7. The predicted octanol–water partition coefficient (Wildman–Crippen LogP) is 4.16. The summed E-state index contributed by atoms with van der Waals surface area (Å²) in [5.41, 5.74) is 1.85. The van der Waals surface area contributed by atoms with Gasteiger partial charge in [-0.1, -0.05) is 52.3 Å². The minimum absolute atomic E-state index is 0.139. The monoisotopic (exact) mass is 382 g/mol. The summed E-state index contributed by atoms with van der Waals surface area (Å²) in [6.45, 7) is 0. The normalized spacial score (nSPS) is 10.2. The fourth-order valence-electron chi connectivity index (χ4n) is 2.14. The highest BCUT2D eigenvalue weighted by molar-refractivity contribution is 9.10. The van der Waals surface area contributed by atoms with Crippen LogP contribution in [0.1, 0.15) is 5.56 Å². The Bertz CT molecular complexity index is 822. The van der Waals surface area contributed by atoms with Crippen LogP contribution in [0.15, 0.2) is 71.2 Å². The van der Waals surface area contributed by atoms with Gasteiger partial charge in [-0.15, -0.1) is 10.2 Å². The predicted molar refractivity (Wildman–Crippen MR) is 98.2 cm³/mol. The lowest BCUT2D eigenvalue weighted by Gasteiger charge is -2.07. The van der Waals surface area contributed by atoms with Gasteiger partial charge in [0, 0.05) is 10.2 Å². The summed E-state index contributed by atoms with van der Waals surface area (Å²) in [6, 6.07) is 20.8. The molecule has 0 bridgehead atoms. The molecule has 120 valence electrons. The lowest BCUT2D eigenvalue weighted by molar-refractivity contribution is -0.115. The third-order valence-corrected chi connectivity index (χ3v) is 4.06. The number of amides is 1. The molecule has 0 fully saturated rings. The smallest absolute Gasteiger partial charge is 0.230 e. The van der Waals surface area contributed by atoms with Crippen molar-refractivity contribution >= 4 is 39.2 Å². The number of carbonyl (C=O) groups is 1. The molecule has 0 aliphatic rings. The molecule has 0 saturated heterocycles. The SMILES string of the molecule is O=C(Cc1ccccc1Br)Nc1ccc(Nc2ccccc2)nn1. The fourth-order valence-corrected chi connectivity index (χ4v) is 2.56. The van der Waals surface area contributed by atoms with Gasteiger partial charge in [0.2, 0.25) is 5.91 Å². The van der Waals surface area contributed by atoms with Crippen molar-refractivity contribution in [1.82, 2.24) is 10.2 Å². The van der Waals surface area contributed by atoms with Gasteiger partial charge in [0.05, 0.1) is 6.42 Å². The van der Waals surface area contributed by atoms with Crippen LogP contribution in [-0.4, -0.2) is 16.1 Å². The first-order valence-electron chi connectivity index (χ1n) is 7.40. The Labute approximate surface area is 148 Å². The number of halogens is 1. The number of hydrogen-bond donors (Lipinski definition) is 2. The van der Waals surface area contributed by atoms with E-state index >= 15 is 0 Å². The Balaban J connectivity index is 1.60. The van der Waals surface area contributed by atoms with E-state index in [1.807, 2.05) is 54.6 Å². The molecular formula is C18H15BrN4O. The number of nitrogens with zero attached hydrogens (tertiary/aromatic N) is 2. The van der Waals surface area contributed by atoms with Crippen LogP contribution in [0.3, 0.4) is 0 Å². The van der Waals surface area contributed by atoms with Crippen LogP contribution in [0, 0.1) is 0 Å². The van der Waals surface area contributed by atoms with Crippen LogP contribution in [0.25, 0.3) is 0 Å². The first kappa shape index (κ1) is 16.1. The van der Waals surface area contributed by atoms with Crippen LogP contribution in [0.2, 0.25) is 0 Å². The van der Waals surface area contributed by atoms with Crippen molar-refractivity contribution in [3.05, 3.63) is 76.8 Å². The molecule has 0 aliphatic carbocycles. The van der Waals surface area contributed by atoms with Crippen LogP contribution in [0.4, 0.5) is 17.3 Å². The lowest BCUT2D eigenvalue weighted by atomic mass is 10.1. The maximum Gasteiger partial charge on any atom is 0.230 e. The Morgan fingerprint density at radius 1 is 0.875 bits per heavy atom. The van der Waals surface area contributed by atoms with E-state index in [0.717, 1.165) is 15.7 Å². The molecule has 24 heavy (non-hydrogen) atoms. The number of aromatic nitrogens is 2. The average molecular weight is 383 g/mol. The Kier molecular flexibility index (Phi) is 5.18. The summed E-state index contributed by atoms with van der Waals surface area (Å²) in [5, 5.41) is 14.0. The molecule has 3 aromatic rings. The van der Waals surface area contributed by atoms with Crippen LogP contribution >= 0.6 is 15.9 Å². The summed E-state index contributed by atoms with van der Waals surface area (Å²) in [6.07, 6.45) is 0.271. The minimum Gasteiger partial charge on any atom is -0.339 e. The lowest BCUT2D eigenvalue weighted by Crippen LogP contribution is -2.16. The topological polar surface area (TPSA) is 66.9 Å². The molecule has 1 aromatic heterocycles. The number of benzene rings is 2. The van der Waals surface area contributed by atoms with Crippen molar-refractivity contribution in [2.24, 2.45) is 0 Å². The van der Waals surface area contributed by atoms with Gasteiger partial charge in [0.1, 0.15) is 0 Å². The second kappa shape index (κ2) is 7.70. The fraction of sp³-hybridized carbons (Fsp3) is 0.0556. The van der Waals surface area contributed by atoms with Gasteiger partial charge in [-0.3, -0.25) is 4.79 Å². The second-order valence-electron chi connectivity index (χ2n) is 5.11. The Morgan fingerprint density at radius 2 is 1.54 bits per heavy atom. The van der Waals surface area contributed by atoms with Gasteiger partial charge >= 0.3 is 0 Å². The molecule has 3 rings (SSSR count). The number of para-hydroxylation sites is 1. The van der Waals surface area contributed by atoms with Crippen molar-refractivity contribution in [1.29, 1.82) is 0 Å². The highest BCUT2D eigenvalue weighted by Crippen LogP contribution is 2.17. The van der Waals surface area contributed by atoms with E-state index in [0.29, 0.717) is 11.6 Å². The van der Waals surface area contributed by atoms with Gasteiger partial charge in [0.15, 0.2) is 11.6 Å². The number of rotatable bonds is 5. The molecule has 0 aliphatic heterocycles. The molecule has 0 spiro atoms. The van der Waals surface area contributed by atoms with Crippen molar-refractivity contribution in [2.45, 2.75) is 6.42 Å². The van der Waals surface area contributed by atoms with E-state index in [1.165, 1.54) is 0 Å². The first-order valence-corrected chi connectivity index (χ1v) is 8.19. The summed E-state index contributed by atoms with van der Waals surface area (Å²) >= 11 is 3.44. The zero-order valence-electron chi connectivity index (χ0n) is 12.7. The minimum atomic E-state index is -0.139. The van der Waals surface area contributed by atoms with E-state index in [4.69, 9.17) is 0 Å². The number of carbonyl (C=O) groups excluding carboxylic acids is 1. The molecule has 2 aromatic carbocycles. The van der Waals surface area contributed by atoms with E-state index in [-0.39, 0.29) is 12.3 Å². The largest absolute Gasteiger partial charge is 0.339 e. The molecule has 0 saturated carbocycles. The highest BCUT2D eigenvalue weighted by Gasteiger charge is 2.08. The zero-order chi connectivity index (χ0) is 16.8. The molecule has 1 heterocycles. The van der Waals surface area contributed by atoms with Crippen molar-refractivity contribution in [3.63, 3.8) is 0 Å². The maximum absolute atomic E-state index is 12.1. The van der Waals surface area contributed by atoms with Crippen LogP contribution in [0.5, 0.6) is 0 Å². The Morgan fingerprint density at radius 3 is 2.25 bits per heavy atom. The molecule has 0 atom stereocenters. The van der Waals surface area contributed by atoms with E-state index in [9.17, 15) is 4.79 Å². The van der Waals surface area contributed by atoms with Crippen molar-refractivity contribution < 1.29 is 4.79 Å². The van der Waals surface area contributed by atoms with E-state index in [1.54, 1.807) is 12.1 Å². The summed E-state index contributed by atoms with van der Waals surface area (Å²) in [7, 11) is 0. The third-order valence-electron chi connectivity index (χ3n) is 3.29. The molecule has 6 heteroatoms. The molecule has 2 N–H and O–H groups in total. The quantitative estimate of drug-likeness (QED) is 0.694. The van der Waals surface area contributed by atoms with E-state index < -0.39 is 0 Å². The number of nitrogens with one attached hydrogen (secondary N) is 2. The zero-order valence-corrected chi connectivity index (χ0v) is 14.3. The summed E-state index contributed by atoms with van der Waals surface area (Å²) < 4.78 is 0.911. The van der Waals surface area contributed by atoms with E-state index in [2.05, 4.69) is 36.8 Å². The molecule has 1 amide bonds. The van der Waals surface area contributed by atoms with Gasteiger partial charge in [-0.05, 0) is 35.9 Å². The van der Waals surface area contributed by atoms with Crippen LogP contribution < -0.4 is 10.6 Å². The molecule has 5 nitrogen and oxygen atoms in total. The van der Waals surface area contributed by atoms with Gasteiger partial charge in [-0.25, -0.2) is 0 Å². The van der Waals surface area contributed by atoms with Crippen molar-refractivity contribution in [2.75, 3.05) is 10.6 Å². The highest BCUT2D eigenvalue weighted by atomic mass is 79.9. The Hall–Kier alpha value is -2.73. The van der Waals surface area contributed by atoms with Gasteiger partial charge in [0.25, 0.3) is 0 Å². The third kappa shape index (κ3) is 4.39. The van der Waals surface area contributed by atoms with Crippen LogP contribution in [-0.2, 0) is 11.2 Å². The standard InChI is InChI=1S/C18H15BrN4O/c19-15-9-5-4-6-13(15)12-18(24)21-17-11-10-16(22-23-17)20-14-7-2-1-3-8-14/h1-11H,12H2,(H,20,22)(H,21,23,24). The van der Waals surface area contributed by atoms with Gasteiger partial charge in [-0.2, -0.15) is 0 Å². The molecule has 0 radical (unpaired) electrons. The second-order valence-corrected chi connectivity index (χ2v) is 5.97. The number of anilines is 3. The molecule has 0 unspecified atom stereocenters. The summed E-state index contributed by atoms with van der Waals surface area (Å²) in [4.78, 5) is 12.1. The van der Waals surface area contributed by atoms with Crippen molar-refractivity contribution in [3.8, 4) is 0 Å². The average Bonchev–Trinajstić information content (AvgIpc) is 2.60. The summed E-state index contributed by atoms with van der Waals surface area (Å²) in [5.74, 6) is 0.899.